The third kappa shape index (κ3) is 4.70. The maximum atomic E-state index is 12.5. The van der Waals surface area contributed by atoms with E-state index in [1.165, 1.54) is 16.0 Å². The lowest BCUT2D eigenvalue weighted by atomic mass is 10.00. The summed E-state index contributed by atoms with van der Waals surface area (Å²) in [6.45, 7) is 4.04. The van der Waals surface area contributed by atoms with Gasteiger partial charge >= 0.3 is 0 Å². The van der Waals surface area contributed by atoms with Crippen molar-refractivity contribution >= 4 is 17.5 Å². The number of rotatable bonds is 5. The first-order valence-electron chi connectivity index (χ1n) is 8.91. The highest BCUT2D eigenvalue weighted by Crippen LogP contribution is 2.18. The Hall–Kier alpha value is -2.66. The van der Waals surface area contributed by atoms with Gasteiger partial charge in [0.05, 0.1) is 13.1 Å². The summed E-state index contributed by atoms with van der Waals surface area (Å²) in [5.41, 5.74) is 4.53. The second kappa shape index (κ2) is 8.15. The zero-order valence-electron chi connectivity index (χ0n) is 15.4. The van der Waals surface area contributed by atoms with E-state index in [0.717, 1.165) is 30.8 Å². The van der Waals surface area contributed by atoms with Crippen LogP contribution < -0.4 is 5.32 Å². The van der Waals surface area contributed by atoms with E-state index in [0.29, 0.717) is 6.54 Å². The van der Waals surface area contributed by atoms with Crippen LogP contribution in [0.1, 0.15) is 16.7 Å². The molecule has 1 aliphatic rings. The highest BCUT2D eigenvalue weighted by Gasteiger charge is 2.20. The van der Waals surface area contributed by atoms with E-state index in [9.17, 15) is 9.59 Å². The molecule has 2 amide bonds. The molecule has 0 radical (unpaired) electrons. The molecule has 2 aromatic rings. The lowest BCUT2D eigenvalue weighted by molar-refractivity contribution is -0.134. The van der Waals surface area contributed by atoms with Crippen molar-refractivity contribution in [2.24, 2.45) is 0 Å². The first-order valence-corrected chi connectivity index (χ1v) is 8.91. The Morgan fingerprint density at radius 1 is 1.08 bits per heavy atom. The van der Waals surface area contributed by atoms with Crippen LogP contribution in [0.2, 0.25) is 0 Å². The number of fused-ring (bicyclic) bond motifs is 1. The van der Waals surface area contributed by atoms with Crippen LogP contribution in [0.25, 0.3) is 0 Å². The number of carbonyl (C=O) groups excluding carboxylic acids is 2. The molecule has 3 rings (SSSR count). The number of hydrogen-bond donors (Lipinski definition) is 1. The molecule has 5 nitrogen and oxygen atoms in total. The molecule has 136 valence electrons. The predicted octanol–water partition coefficient (Wildman–Crippen LogP) is 2.45. The van der Waals surface area contributed by atoms with Gasteiger partial charge in [0.1, 0.15) is 0 Å². The highest BCUT2D eigenvalue weighted by molar-refractivity contribution is 5.94. The number of carbonyl (C=O) groups is 2. The fourth-order valence-corrected chi connectivity index (χ4v) is 3.14. The number of benzene rings is 2. The van der Waals surface area contributed by atoms with Gasteiger partial charge < -0.3 is 10.2 Å². The molecular formula is C21H25N3O2. The number of nitrogens with one attached hydrogen (secondary N) is 1. The van der Waals surface area contributed by atoms with Crippen LogP contribution in [0.3, 0.4) is 0 Å². The maximum absolute atomic E-state index is 12.5. The molecular weight excluding hydrogens is 326 g/mol. The lowest BCUT2D eigenvalue weighted by Crippen LogP contribution is -2.43. The van der Waals surface area contributed by atoms with E-state index >= 15 is 0 Å². The smallest absolute Gasteiger partial charge is 0.243 e. The van der Waals surface area contributed by atoms with Crippen LogP contribution in [0.15, 0.2) is 48.5 Å². The van der Waals surface area contributed by atoms with Crippen molar-refractivity contribution in [1.29, 1.82) is 0 Å². The van der Waals surface area contributed by atoms with Crippen molar-refractivity contribution in [1.82, 2.24) is 9.80 Å². The topological polar surface area (TPSA) is 52.7 Å². The van der Waals surface area contributed by atoms with Crippen LogP contribution in [-0.2, 0) is 22.6 Å². The first kappa shape index (κ1) is 18.1. The summed E-state index contributed by atoms with van der Waals surface area (Å²) in [6, 6.07) is 16.0. The fraction of sp³-hybridized carbons (Fsp3) is 0.333. The average molecular weight is 351 g/mol. The molecule has 0 atom stereocenters. The molecule has 0 saturated carbocycles. The maximum Gasteiger partial charge on any atom is 0.243 e. The minimum absolute atomic E-state index is 0.0385. The number of aryl methyl sites for hydroxylation is 1. The van der Waals surface area contributed by atoms with E-state index in [-0.39, 0.29) is 18.4 Å². The van der Waals surface area contributed by atoms with Crippen LogP contribution in [0.5, 0.6) is 0 Å². The normalized spacial score (nSPS) is 13.8. The summed E-state index contributed by atoms with van der Waals surface area (Å²) >= 11 is 0. The van der Waals surface area contributed by atoms with E-state index in [4.69, 9.17) is 0 Å². The number of amides is 2. The number of nitrogens with zero attached hydrogens (tertiary/aromatic N) is 2. The summed E-state index contributed by atoms with van der Waals surface area (Å²) in [4.78, 5) is 28.2. The van der Waals surface area contributed by atoms with E-state index in [1.54, 1.807) is 7.05 Å². The number of hydrogen-bond acceptors (Lipinski definition) is 3. The zero-order valence-corrected chi connectivity index (χ0v) is 15.4. The second-order valence-corrected chi connectivity index (χ2v) is 6.89. The fourth-order valence-electron chi connectivity index (χ4n) is 3.14. The third-order valence-electron chi connectivity index (χ3n) is 4.71. The Kier molecular flexibility index (Phi) is 5.68. The summed E-state index contributed by atoms with van der Waals surface area (Å²) in [7, 11) is 1.68. The van der Waals surface area contributed by atoms with Gasteiger partial charge in [0.25, 0.3) is 0 Å². The van der Waals surface area contributed by atoms with Gasteiger partial charge in [-0.25, -0.2) is 0 Å². The number of likely N-dealkylation sites (N-methyl/N-ethyl adjacent to an activating group) is 1. The SMILES string of the molecule is Cc1ccc(NC(=O)CN(C)C(=O)CN2CCc3ccccc3C2)cc1. The molecule has 1 N–H and O–H groups in total. The van der Waals surface area contributed by atoms with Gasteiger partial charge in [0.15, 0.2) is 0 Å². The molecule has 1 aliphatic heterocycles. The van der Waals surface area contributed by atoms with Crippen molar-refractivity contribution in [2.75, 3.05) is 32.0 Å². The van der Waals surface area contributed by atoms with Gasteiger partial charge in [-0.2, -0.15) is 0 Å². The number of anilines is 1. The predicted molar refractivity (Wildman–Crippen MR) is 103 cm³/mol. The molecule has 0 aromatic heterocycles. The van der Waals surface area contributed by atoms with Crippen molar-refractivity contribution < 1.29 is 9.59 Å². The first-order chi connectivity index (χ1) is 12.5. The van der Waals surface area contributed by atoms with Gasteiger partial charge in [-0.05, 0) is 36.6 Å². The standard InChI is InChI=1S/C21H25N3O2/c1-16-7-9-19(10-8-16)22-20(25)14-23(2)21(26)15-24-12-11-17-5-3-4-6-18(17)13-24/h3-10H,11-15H2,1-2H3,(H,22,25). The molecule has 0 spiro atoms. The van der Waals surface area contributed by atoms with Crippen LogP contribution in [0, 0.1) is 6.92 Å². The quantitative estimate of drug-likeness (QED) is 0.900. The molecule has 1 heterocycles. The highest BCUT2D eigenvalue weighted by atomic mass is 16.2. The summed E-state index contributed by atoms with van der Waals surface area (Å²) in [5, 5.41) is 2.83. The van der Waals surface area contributed by atoms with E-state index in [2.05, 4.69) is 28.4 Å². The molecule has 2 aromatic carbocycles. The average Bonchev–Trinajstić information content (AvgIpc) is 2.63. The van der Waals surface area contributed by atoms with E-state index < -0.39 is 0 Å². The molecule has 0 saturated heterocycles. The largest absolute Gasteiger partial charge is 0.335 e. The van der Waals surface area contributed by atoms with Crippen molar-refractivity contribution in [3.8, 4) is 0 Å². The molecule has 5 heteroatoms. The van der Waals surface area contributed by atoms with Crippen LogP contribution in [-0.4, -0.2) is 48.3 Å². The molecule has 0 aliphatic carbocycles. The van der Waals surface area contributed by atoms with Gasteiger partial charge in [-0.15, -0.1) is 0 Å². The van der Waals surface area contributed by atoms with Gasteiger partial charge in [0.2, 0.25) is 11.8 Å². The molecule has 26 heavy (non-hydrogen) atoms. The Morgan fingerprint density at radius 3 is 2.50 bits per heavy atom. The minimum atomic E-state index is -0.186. The zero-order chi connectivity index (χ0) is 18.5. The molecule has 0 unspecified atom stereocenters. The monoisotopic (exact) mass is 351 g/mol. The van der Waals surface area contributed by atoms with Crippen LogP contribution in [0.4, 0.5) is 5.69 Å². The summed E-state index contributed by atoms with van der Waals surface area (Å²) < 4.78 is 0. The third-order valence-corrected chi connectivity index (χ3v) is 4.71. The summed E-state index contributed by atoms with van der Waals surface area (Å²) in [6.07, 6.45) is 0.959. The minimum Gasteiger partial charge on any atom is -0.335 e. The van der Waals surface area contributed by atoms with Crippen LogP contribution >= 0.6 is 0 Å². The second-order valence-electron chi connectivity index (χ2n) is 6.89. The molecule has 0 bridgehead atoms. The van der Waals surface area contributed by atoms with Gasteiger partial charge in [-0.1, -0.05) is 42.0 Å². The lowest BCUT2D eigenvalue weighted by Gasteiger charge is -2.29. The van der Waals surface area contributed by atoms with E-state index in [1.807, 2.05) is 37.3 Å². The van der Waals surface area contributed by atoms with Crippen molar-refractivity contribution in [2.45, 2.75) is 19.9 Å². The van der Waals surface area contributed by atoms with Gasteiger partial charge in [0, 0.05) is 25.8 Å². The Labute approximate surface area is 154 Å². The summed E-state index contributed by atoms with van der Waals surface area (Å²) in [5.74, 6) is -0.225. The van der Waals surface area contributed by atoms with Gasteiger partial charge in [-0.3, -0.25) is 14.5 Å². The van der Waals surface area contributed by atoms with Crippen molar-refractivity contribution in [3.63, 3.8) is 0 Å². The Bertz CT molecular complexity index is 786. The van der Waals surface area contributed by atoms with Crippen molar-refractivity contribution in [3.05, 3.63) is 65.2 Å². The molecule has 0 fully saturated rings. The Morgan fingerprint density at radius 2 is 1.77 bits per heavy atom. The Balaban J connectivity index is 1.48.